The van der Waals surface area contributed by atoms with Crippen LogP contribution in [0.2, 0.25) is 0 Å². The van der Waals surface area contributed by atoms with E-state index in [0.717, 1.165) is 60.6 Å². The minimum atomic E-state index is 0.851. The van der Waals surface area contributed by atoms with Crippen molar-refractivity contribution in [1.29, 1.82) is 0 Å². The molecule has 0 bridgehead atoms. The van der Waals surface area contributed by atoms with Gasteiger partial charge in [0.25, 0.3) is 0 Å². The van der Waals surface area contributed by atoms with Crippen molar-refractivity contribution >= 4 is 0 Å². The van der Waals surface area contributed by atoms with Gasteiger partial charge >= 0.3 is 0 Å². The van der Waals surface area contributed by atoms with Gasteiger partial charge in [0.2, 0.25) is 0 Å². The van der Waals surface area contributed by atoms with Crippen LogP contribution in [0.5, 0.6) is 0 Å². The third-order valence-electron chi connectivity index (χ3n) is 10.4. The van der Waals surface area contributed by atoms with Gasteiger partial charge in [-0.05, 0) is 164 Å². The van der Waals surface area contributed by atoms with Crippen molar-refractivity contribution in [3.63, 3.8) is 0 Å². The molecule has 0 radical (unpaired) electrons. The molecule has 0 aromatic carbocycles. The summed E-state index contributed by atoms with van der Waals surface area (Å²) in [4.78, 5) is 0. The molecule has 0 atom stereocenters. The number of hydrogen-bond donors (Lipinski definition) is 0. The van der Waals surface area contributed by atoms with Crippen molar-refractivity contribution in [3.05, 3.63) is 24.3 Å². The predicted molar refractivity (Wildman–Crippen MR) is 142 cm³/mol. The van der Waals surface area contributed by atoms with Gasteiger partial charge < -0.3 is 4.74 Å². The molecular formula is C32H54O. The van der Waals surface area contributed by atoms with Gasteiger partial charge in [-0.2, -0.15) is 0 Å². The number of hydrogen-bond acceptors (Lipinski definition) is 1. The number of allylic oxidation sites excluding steroid dienone is 4. The Morgan fingerprint density at radius 2 is 0.758 bits per heavy atom. The van der Waals surface area contributed by atoms with Crippen LogP contribution in [-0.2, 0) is 4.74 Å². The van der Waals surface area contributed by atoms with Crippen LogP contribution in [0.3, 0.4) is 0 Å². The highest BCUT2D eigenvalue weighted by Crippen LogP contribution is 2.43. The highest BCUT2D eigenvalue weighted by atomic mass is 16.5. The van der Waals surface area contributed by atoms with E-state index in [4.69, 9.17) is 4.74 Å². The van der Waals surface area contributed by atoms with Gasteiger partial charge in [0, 0.05) is 13.2 Å². The van der Waals surface area contributed by atoms with E-state index in [1.165, 1.54) is 103 Å². The molecule has 1 heteroatoms. The van der Waals surface area contributed by atoms with E-state index in [1.54, 1.807) is 0 Å². The quantitative estimate of drug-likeness (QED) is 0.332. The molecule has 4 fully saturated rings. The molecule has 1 nitrogen and oxygen atoms in total. The maximum absolute atomic E-state index is 6.34. The van der Waals surface area contributed by atoms with Gasteiger partial charge in [0.1, 0.15) is 0 Å². The molecule has 188 valence electrons. The van der Waals surface area contributed by atoms with Gasteiger partial charge in [-0.15, -0.1) is 0 Å². The Morgan fingerprint density at radius 1 is 0.455 bits per heavy atom. The van der Waals surface area contributed by atoms with Gasteiger partial charge in [-0.1, -0.05) is 24.3 Å². The third kappa shape index (κ3) is 7.71. The van der Waals surface area contributed by atoms with Crippen molar-refractivity contribution in [2.45, 2.75) is 117 Å². The van der Waals surface area contributed by atoms with E-state index in [9.17, 15) is 0 Å². The molecule has 0 unspecified atom stereocenters. The second-order valence-electron chi connectivity index (χ2n) is 12.5. The molecule has 0 aromatic heterocycles. The lowest BCUT2D eigenvalue weighted by Crippen LogP contribution is -2.28. The molecule has 0 aromatic rings. The van der Waals surface area contributed by atoms with Crippen molar-refractivity contribution in [2.24, 2.45) is 47.3 Å². The Morgan fingerprint density at radius 3 is 1.06 bits per heavy atom. The molecule has 4 rings (SSSR count). The smallest absolute Gasteiger partial charge is 0.0494 e. The van der Waals surface area contributed by atoms with Gasteiger partial charge in [0.15, 0.2) is 0 Å². The summed E-state index contributed by atoms with van der Waals surface area (Å²) in [6, 6.07) is 0. The lowest BCUT2D eigenvalue weighted by molar-refractivity contribution is 0.0308. The SMILES string of the molecule is C/C=C/[C@H]1CC[C@H](C2CCC(COCC3CCC([C@H]4CC[C@H](/C=C/C)CC4)CC3)CC2)CC1. The Balaban J connectivity index is 1.05. The van der Waals surface area contributed by atoms with E-state index in [2.05, 4.69) is 38.2 Å². The Kier molecular flexibility index (Phi) is 10.5. The standard InChI is InChI=1S/C32H54O/c1-3-5-25-7-15-29(16-8-25)31-19-11-27(12-20-31)23-33-24-28-13-21-32(22-14-28)30-17-9-26(6-4-2)10-18-30/h3-6,25-32H,7-24H2,1-2H3/b5-3+,6-4+/t25-,26-,27?,28?,29-,30-,31?,32?. The topological polar surface area (TPSA) is 9.23 Å². The Labute approximate surface area is 206 Å². The fraction of sp³-hybridized carbons (Fsp3) is 0.875. The second-order valence-corrected chi connectivity index (χ2v) is 12.5. The van der Waals surface area contributed by atoms with E-state index in [-0.39, 0.29) is 0 Å². The molecule has 0 saturated heterocycles. The first-order valence-electron chi connectivity index (χ1n) is 15.1. The van der Waals surface area contributed by atoms with E-state index in [0.29, 0.717) is 0 Å². The van der Waals surface area contributed by atoms with Crippen molar-refractivity contribution in [2.75, 3.05) is 13.2 Å². The first-order chi connectivity index (χ1) is 16.2. The first-order valence-corrected chi connectivity index (χ1v) is 15.1. The van der Waals surface area contributed by atoms with Gasteiger partial charge in [-0.25, -0.2) is 0 Å². The van der Waals surface area contributed by atoms with Crippen LogP contribution in [0.4, 0.5) is 0 Å². The van der Waals surface area contributed by atoms with Crippen molar-refractivity contribution in [3.8, 4) is 0 Å². The Hall–Kier alpha value is -0.560. The molecule has 4 aliphatic rings. The third-order valence-corrected chi connectivity index (χ3v) is 10.4. The zero-order chi connectivity index (χ0) is 22.9. The number of rotatable bonds is 8. The highest BCUT2D eigenvalue weighted by Gasteiger charge is 2.32. The fourth-order valence-electron chi connectivity index (χ4n) is 8.22. The summed E-state index contributed by atoms with van der Waals surface area (Å²) in [5, 5.41) is 0. The van der Waals surface area contributed by atoms with Crippen LogP contribution >= 0.6 is 0 Å². The van der Waals surface area contributed by atoms with Crippen molar-refractivity contribution in [1.82, 2.24) is 0 Å². The molecular weight excluding hydrogens is 400 g/mol. The predicted octanol–water partition coefficient (Wildman–Crippen LogP) is 9.38. The summed E-state index contributed by atoms with van der Waals surface area (Å²) >= 11 is 0. The number of ether oxygens (including phenoxy) is 1. The van der Waals surface area contributed by atoms with Crippen LogP contribution in [0, 0.1) is 47.3 Å². The zero-order valence-electron chi connectivity index (χ0n) is 22.1. The highest BCUT2D eigenvalue weighted by molar-refractivity contribution is 4.92. The van der Waals surface area contributed by atoms with Crippen LogP contribution in [0.25, 0.3) is 0 Å². The lowest BCUT2D eigenvalue weighted by Gasteiger charge is -2.38. The zero-order valence-corrected chi connectivity index (χ0v) is 22.1. The van der Waals surface area contributed by atoms with Crippen molar-refractivity contribution < 1.29 is 4.74 Å². The average molecular weight is 455 g/mol. The van der Waals surface area contributed by atoms with Crippen LogP contribution in [0.15, 0.2) is 24.3 Å². The largest absolute Gasteiger partial charge is 0.381 e. The maximum Gasteiger partial charge on any atom is 0.0494 e. The van der Waals surface area contributed by atoms with Crippen LogP contribution in [0.1, 0.15) is 117 Å². The molecule has 0 heterocycles. The van der Waals surface area contributed by atoms with Crippen LogP contribution in [-0.4, -0.2) is 13.2 Å². The fourth-order valence-corrected chi connectivity index (χ4v) is 8.22. The first kappa shape index (κ1) is 25.5. The molecule has 0 amide bonds. The lowest BCUT2D eigenvalue weighted by atomic mass is 9.69. The van der Waals surface area contributed by atoms with Crippen LogP contribution < -0.4 is 0 Å². The summed E-state index contributed by atoms with van der Waals surface area (Å²) in [5.41, 5.74) is 0. The molecule has 0 spiro atoms. The molecule has 4 saturated carbocycles. The minimum absolute atomic E-state index is 0.851. The van der Waals surface area contributed by atoms with E-state index in [1.807, 2.05) is 0 Å². The summed E-state index contributed by atoms with van der Waals surface area (Å²) in [5.74, 6) is 7.57. The normalized spacial score (nSPS) is 41.0. The second kappa shape index (κ2) is 13.5. The summed E-state index contributed by atoms with van der Waals surface area (Å²) in [6.45, 7) is 6.46. The molecule has 33 heavy (non-hydrogen) atoms. The molecule has 0 aliphatic heterocycles. The minimum Gasteiger partial charge on any atom is -0.381 e. The average Bonchev–Trinajstić information content (AvgIpc) is 2.86. The summed E-state index contributed by atoms with van der Waals surface area (Å²) < 4.78 is 6.34. The monoisotopic (exact) mass is 454 g/mol. The molecule has 4 aliphatic carbocycles. The molecule has 0 N–H and O–H groups in total. The van der Waals surface area contributed by atoms with E-state index >= 15 is 0 Å². The van der Waals surface area contributed by atoms with Gasteiger partial charge in [-0.3, -0.25) is 0 Å². The Bertz CT molecular complexity index is 522. The van der Waals surface area contributed by atoms with Gasteiger partial charge in [0.05, 0.1) is 0 Å². The van der Waals surface area contributed by atoms with E-state index < -0.39 is 0 Å². The summed E-state index contributed by atoms with van der Waals surface area (Å²) in [7, 11) is 0. The summed E-state index contributed by atoms with van der Waals surface area (Å²) in [6.07, 6.45) is 32.8. The maximum atomic E-state index is 6.34.